The number of carbonyl (C=O) groups excluding carboxylic acids is 1. The van der Waals surface area contributed by atoms with Gasteiger partial charge in [-0.2, -0.15) is 5.10 Å². The quantitative estimate of drug-likeness (QED) is 0.469. The van der Waals surface area contributed by atoms with Gasteiger partial charge in [-0.1, -0.05) is 35.3 Å². The average Bonchev–Trinajstić information content (AvgIpc) is 3.18. The number of carbonyl (C=O) groups is 1. The Morgan fingerprint density at radius 1 is 1.07 bits per heavy atom. The summed E-state index contributed by atoms with van der Waals surface area (Å²) in [4.78, 5) is 12.1. The van der Waals surface area contributed by atoms with Gasteiger partial charge in [0.25, 0.3) is 0 Å². The number of hydrogen-bond acceptors (Lipinski definition) is 5. The molecule has 1 aliphatic heterocycles. The second-order valence-electron chi connectivity index (χ2n) is 6.25. The topological polar surface area (TPSA) is 73.1 Å². The molecule has 0 saturated heterocycles. The van der Waals surface area contributed by atoms with Gasteiger partial charge in [0, 0.05) is 5.56 Å². The van der Waals surface area contributed by atoms with Crippen LogP contribution < -0.4 is 14.9 Å². The average molecular weight is 431 g/mol. The SMILES string of the molecule is O=C(Cc1ccc2c(c1)OCCO2)N/N=C\c1ccc(-c2cccc(Cl)c2Cl)o1. The fourth-order valence-electron chi connectivity index (χ4n) is 2.85. The largest absolute Gasteiger partial charge is 0.486 e. The van der Waals surface area contributed by atoms with Gasteiger partial charge in [0.1, 0.15) is 24.7 Å². The minimum Gasteiger partial charge on any atom is -0.486 e. The van der Waals surface area contributed by atoms with E-state index in [1.165, 1.54) is 6.21 Å². The van der Waals surface area contributed by atoms with E-state index in [1.807, 2.05) is 12.1 Å². The van der Waals surface area contributed by atoms with Crippen molar-refractivity contribution in [3.8, 4) is 22.8 Å². The van der Waals surface area contributed by atoms with Crippen LogP contribution in [0.3, 0.4) is 0 Å². The molecule has 1 N–H and O–H groups in total. The molecule has 0 unspecified atom stereocenters. The maximum Gasteiger partial charge on any atom is 0.244 e. The molecule has 0 atom stereocenters. The Labute approximate surface area is 177 Å². The Morgan fingerprint density at radius 3 is 2.76 bits per heavy atom. The number of fused-ring (bicyclic) bond motifs is 1. The summed E-state index contributed by atoms with van der Waals surface area (Å²) < 4.78 is 16.7. The van der Waals surface area contributed by atoms with E-state index in [0.29, 0.717) is 51.8 Å². The number of furan rings is 1. The fourth-order valence-corrected chi connectivity index (χ4v) is 3.25. The monoisotopic (exact) mass is 430 g/mol. The third kappa shape index (κ3) is 4.55. The third-order valence-corrected chi connectivity index (χ3v) is 5.02. The molecule has 2 aromatic carbocycles. The van der Waals surface area contributed by atoms with Crippen LogP contribution in [0.25, 0.3) is 11.3 Å². The highest BCUT2D eigenvalue weighted by atomic mass is 35.5. The minimum absolute atomic E-state index is 0.162. The Hall–Kier alpha value is -2.96. The molecule has 29 heavy (non-hydrogen) atoms. The van der Waals surface area contributed by atoms with Crippen molar-refractivity contribution in [2.75, 3.05) is 13.2 Å². The lowest BCUT2D eigenvalue weighted by Crippen LogP contribution is -2.20. The highest BCUT2D eigenvalue weighted by Gasteiger charge is 2.13. The number of rotatable bonds is 5. The van der Waals surface area contributed by atoms with E-state index in [-0.39, 0.29) is 12.3 Å². The maximum absolute atomic E-state index is 12.1. The summed E-state index contributed by atoms with van der Waals surface area (Å²) in [6.45, 7) is 1.03. The van der Waals surface area contributed by atoms with Crippen LogP contribution in [0.5, 0.6) is 11.5 Å². The highest BCUT2D eigenvalue weighted by Crippen LogP contribution is 2.34. The summed E-state index contributed by atoms with van der Waals surface area (Å²) in [7, 11) is 0. The molecule has 6 nitrogen and oxygen atoms in total. The minimum atomic E-state index is -0.261. The van der Waals surface area contributed by atoms with Crippen molar-refractivity contribution in [2.24, 2.45) is 5.10 Å². The van der Waals surface area contributed by atoms with Gasteiger partial charge in [0.2, 0.25) is 5.91 Å². The number of halogens is 2. The van der Waals surface area contributed by atoms with Gasteiger partial charge in [0.15, 0.2) is 11.5 Å². The van der Waals surface area contributed by atoms with E-state index < -0.39 is 0 Å². The molecule has 1 aliphatic rings. The van der Waals surface area contributed by atoms with Crippen molar-refractivity contribution in [1.82, 2.24) is 5.43 Å². The van der Waals surface area contributed by atoms with Gasteiger partial charge in [-0.25, -0.2) is 5.43 Å². The van der Waals surface area contributed by atoms with Gasteiger partial charge in [-0.15, -0.1) is 0 Å². The first-order chi connectivity index (χ1) is 14.1. The molecular weight excluding hydrogens is 415 g/mol. The molecule has 0 fully saturated rings. The van der Waals surface area contributed by atoms with Crippen LogP contribution in [0, 0.1) is 0 Å². The van der Waals surface area contributed by atoms with Gasteiger partial charge in [0.05, 0.1) is 22.7 Å². The Kier molecular flexibility index (Phi) is 5.74. The van der Waals surface area contributed by atoms with Gasteiger partial charge >= 0.3 is 0 Å². The molecule has 3 aromatic rings. The normalized spacial score (nSPS) is 12.9. The number of hydrogen-bond donors (Lipinski definition) is 1. The van der Waals surface area contributed by atoms with Gasteiger partial charge < -0.3 is 13.9 Å². The molecule has 2 heterocycles. The second-order valence-corrected chi connectivity index (χ2v) is 7.04. The van der Waals surface area contributed by atoms with Crippen LogP contribution in [0.15, 0.2) is 58.0 Å². The van der Waals surface area contributed by atoms with Crippen molar-refractivity contribution in [3.63, 3.8) is 0 Å². The lowest BCUT2D eigenvalue weighted by molar-refractivity contribution is -0.120. The Bertz CT molecular complexity index is 1080. The summed E-state index contributed by atoms with van der Waals surface area (Å²) in [5.41, 5.74) is 3.97. The zero-order valence-electron chi connectivity index (χ0n) is 15.2. The molecular formula is C21H16Cl2N2O4. The van der Waals surface area contributed by atoms with E-state index in [4.69, 9.17) is 37.1 Å². The summed E-state index contributed by atoms with van der Waals surface area (Å²) in [5.74, 6) is 2.10. The van der Waals surface area contributed by atoms with Crippen LogP contribution in [0.4, 0.5) is 0 Å². The van der Waals surface area contributed by atoms with E-state index in [9.17, 15) is 4.79 Å². The van der Waals surface area contributed by atoms with Crippen LogP contribution in [-0.4, -0.2) is 25.3 Å². The van der Waals surface area contributed by atoms with E-state index in [0.717, 1.165) is 5.56 Å². The smallest absolute Gasteiger partial charge is 0.244 e. The zero-order chi connectivity index (χ0) is 20.2. The second kappa shape index (κ2) is 8.59. The number of hydrazone groups is 1. The number of ether oxygens (including phenoxy) is 2. The predicted molar refractivity (Wildman–Crippen MR) is 111 cm³/mol. The Morgan fingerprint density at radius 2 is 1.90 bits per heavy atom. The Balaban J connectivity index is 1.36. The number of benzene rings is 2. The summed E-state index contributed by atoms with van der Waals surface area (Å²) in [5, 5.41) is 4.80. The summed E-state index contributed by atoms with van der Waals surface area (Å²) >= 11 is 12.2. The van der Waals surface area contributed by atoms with Crippen LogP contribution in [0.1, 0.15) is 11.3 Å². The standard InChI is InChI=1S/C21H16Cl2N2O4/c22-16-3-1-2-15(21(16)23)17-7-5-14(29-17)12-24-25-20(26)11-13-4-6-18-19(10-13)28-9-8-27-18/h1-7,10,12H,8-9,11H2,(H,25,26)/b24-12-. The molecule has 1 amide bonds. The molecule has 0 radical (unpaired) electrons. The zero-order valence-corrected chi connectivity index (χ0v) is 16.7. The predicted octanol–water partition coefficient (Wildman–Crippen LogP) is 4.72. The first-order valence-corrected chi connectivity index (χ1v) is 9.60. The van der Waals surface area contributed by atoms with Gasteiger partial charge in [-0.05, 0) is 42.0 Å². The van der Waals surface area contributed by atoms with Crippen LogP contribution in [0.2, 0.25) is 10.0 Å². The number of nitrogens with one attached hydrogen (secondary N) is 1. The van der Waals surface area contributed by atoms with E-state index in [2.05, 4.69) is 10.5 Å². The van der Waals surface area contributed by atoms with E-state index in [1.54, 1.807) is 36.4 Å². The van der Waals surface area contributed by atoms with Crippen molar-refractivity contribution < 1.29 is 18.7 Å². The molecule has 148 valence electrons. The maximum atomic E-state index is 12.1. The van der Waals surface area contributed by atoms with Crippen molar-refractivity contribution in [1.29, 1.82) is 0 Å². The molecule has 0 aliphatic carbocycles. The first-order valence-electron chi connectivity index (χ1n) is 8.85. The third-order valence-electron chi connectivity index (χ3n) is 4.20. The van der Waals surface area contributed by atoms with E-state index >= 15 is 0 Å². The van der Waals surface area contributed by atoms with Crippen molar-refractivity contribution in [3.05, 3.63) is 69.9 Å². The fraction of sp³-hybridized carbons (Fsp3) is 0.143. The van der Waals surface area contributed by atoms with Gasteiger partial charge in [-0.3, -0.25) is 4.79 Å². The molecule has 0 bridgehead atoms. The molecule has 4 rings (SSSR count). The number of nitrogens with zero attached hydrogens (tertiary/aromatic N) is 1. The van der Waals surface area contributed by atoms with Crippen LogP contribution >= 0.6 is 23.2 Å². The van der Waals surface area contributed by atoms with Crippen LogP contribution in [-0.2, 0) is 11.2 Å². The lowest BCUT2D eigenvalue weighted by Gasteiger charge is -2.18. The lowest BCUT2D eigenvalue weighted by atomic mass is 10.1. The summed E-state index contributed by atoms with van der Waals surface area (Å²) in [6, 6.07) is 14.2. The molecule has 1 aromatic heterocycles. The summed E-state index contributed by atoms with van der Waals surface area (Å²) in [6.07, 6.45) is 1.58. The van der Waals surface area contributed by atoms with Crippen molar-refractivity contribution >= 4 is 35.3 Å². The van der Waals surface area contributed by atoms with Crippen molar-refractivity contribution in [2.45, 2.75) is 6.42 Å². The molecule has 8 heteroatoms. The molecule has 0 spiro atoms. The first kappa shape index (κ1) is 19.4. The number of amides is 1. The highest BCUT2D eigenvalue weighted by molar-refractivity contribution is 6.43. The molecule has 0 saturated carbocycles.